The quantitative estimate of drug-likeness (QED) is 0.402. The van der Waals surface area contributed by atoms with Gasteiger partial charge in [-0.2, -0.15) is 0 Å². The molecule has 6 heteroatoms. The number of anilines is 1. The lowest BCUT2D eigenvalue weighted by Crippen LogP contribution is -2.13. The van der Waals surface area contributed by atoms with E-state index in [1.807, 2.05) is 38.1 Å². The molecule has 0 saturated carbocycles. The van der Waals surface area contributed by atoms with E-state index < -0.39 is 5.97 Å². The van der Waals surface area contributed by atoms with Gasteiger partial charge in [0.1, 0.15) is 0 Å². The van der Waals surface area contributed by atoms with Gasteiger partial charge in [-0.05, 0) is 73.9 Å². The summed E-state index contributed by atoms with van der Waals surface area (Å²) in [4.78, 5) is 27.9. The SMILES string of the molecule is Cc1ccc(-c2ccc(CCC(=O)O)n2-c2ccc(C(=O)Nc3ccncc3)cc2C)cc1. The number of nitrogens with one attached hydrogen (secondary N) is 1. The molecule has 0 spiro atoms. The van der Waals surface area contributed by atoms with Crippen LogP contribution in [0.25, 0.3) is 16.9 Å². The Kier molecular flexibility index (Phi) is 6.36. The number of carbonyl (C=O) groups is 2. The molecule has 1 amide bonds. The second-order valence-corrected chi connectivity index (χ2v) is 8.00. The van der Waals surface area contributed by atoms with Gasteiger partial charge < -0.3 is 15.0 Å². The van der Waals surface area contributed by atoms with E-state index in [2.05, 4.69) is 39.1 Å². The Morgan fingerprint density at radius 2 is 1.67 bits per heavy atom. The zero-order valence-electron chi connectivity index (χ0n) is 18.6. The highest BCUT2D eigenvalue weighted by Gasteiger charge is 2.16. The van der Waals surface area contributed by atoms with Crippen LogP contribution < -0.4 is 5.32 Å². The van der Waals surface area contributed by atoms with Crippen molar-refractivity contribution in [2.45, 2.75) is 26.7 Å². The number of aryl methyl sites for hydroxylation is 3. The summed E-state index contributed by atoms with van der Waals surface area (Å²) in [6.45, 7) is 4.00. The number of pyridine rings is 1. The van der Waals surface area contributed by atoms with Crippen LogP contribution in [0.2, 0.25) is 0 Å². The summed E-state index contributed by atoms with van der Waals surface area (Å²) in [6.07, 6.45) is 3.70. The molecule has 0 aliphatic heterocycles. The van der Waals surface area contributed by atoms with Gasteiger partial charge in [-0.1, -0.05) is 29.8 Å². The Morgan fingerprint density at radius 1 is 0.939 bits per heavy atom. The van der Waals surface area contributed by atoms with E-state index in [9.17, 15) is 14.7 Å². The average molecular weight is 440 g/mol. The van der Waals surface area contributed by atoms with E-state index in [1.165, 1.54) is 5.56 Å². The Hall–Kier alpha value is -4.19. The van der Waals surface area contributed by atoms with Crippen molar-refractivity contribution in [1.29, 1.82) is 0 Å². The summed E-state index contributed by atoms with van der Waals surface area (Å²) in [5.41, 5.74) is 7.15. The fraction of sp³-hybridized carbons (Fsp3) is 0.148. The van der Waals surface area contributed by atoms with E-state index in [1.54, 1.807) is 30.6 Å². The molecule has 2 aromatic carbocycles. The van der Waals surface area contributed by atoms with Gasteiger partial charge in [-0.15, -0.1) is 0 Å². The Balaban J connectivity index is 1.72. The van der Waals surface area contributed by atoms with Crippen LogP contribution in [0, 0.1) is 13.8 Å². The number of hydrogen-bond acceptors (Lipinski definition) is 3. The number of amides is 1. The maximum absolute atomic E-state index is 12.7. The van der Waals surface area contributed by atoms with Crippen LogP contribution in [-0.2, 0) is 11.2 Å². The van der Waals surface area contributed by atoms with Crippen molar-refractivity contribution in [3.05, 3.63) is 102 Å². The van der Waals surface area contributed by atoms with Gasteiger partial charge >= 0.3 is 5.97 Å². The van der Waals surface area contributed by atoms with E-state index in [-0.39, 0.29) is 12.3 Å². The Morgan fingerprint density at radius 3 is 2.33 bits per heavy atom. The minimum atomic E-state index is -0.834. The van der Waals surface area contributed by atoms with Gasteiger partial charge in [0, 0.05) is 35.0 Å². The molecule has 4 rings (SSSR count). The van der Waals surface area contributed by atoms with Crippen LogP contribution in [0.4, 0.5) is 5.69 Å². The second-order valence-electron chi connectivity index (χ2n) is 8.00. The summed E-state index contributed by atoms with van der Waals surface area (Å²) in [5, 5.41) is 12.1. The topological polar surface area (TPSA) is 84.2 Å². The molecule has 166 valence electrons. The summed E-state index contributed by atoms with van der Waals surface area (Å²) in [6, 6.07) is 21.3. The first kappa shape index (κ1) is 22.0. The van der Waals surface area contributed by atoms with Gasteiger partial charge in [-0.25, -0.2) is 0 Å². The van der Waals surface area contributed by atoms with E-state index in [0.29, 0.717) is 17.7 Å². The third kappa shape index (κ3) is 5.01. The molecule has 0 saturated heterocycles. The van der Waals surface area contributed by atoms with Crippen LogP contribution in [0.15, 0.2) is 79.1 Å². The Labute approximate surface area is 192 Å². The summed E-state index contributed by atoms with van der Waals surface area (Å²) in [5.74, 6) is -1.03. The van der Waals surface area contributed by atoms with Gasteiger partial charge in [0.05, 0.1) is 12.1 Å². The number of carbonyl (C=O) groups excluding carboxylic acids is 1. The highest BCUT2D eigenvalue weighted by Crippen LogP contribution is 2.30. The first-order valence-corrected chi connectivity index (χ1v) is 10.7. The smallest absolute Gasteiger partial charge is 0.303 e. The number of benzene rings is 2. The van der Waals surface area contributed by atoms with Crippen molar-refractivity contribution in [3.63, 3.8) is 0 Å². The summed E-state index contributed by atoms with van der Waals surface area (Å²) in [7, 11) is 0. The molecule has 0 unspecified atom stereocenters. The normalized spacial score (nSPS) is 10.7. The number of carboxylic acid groups (broad SMARTS) is 1. The monoisotopic (exact) mass is 439 g/mol. The fourth-order valence-corrected chi connectivity index (χ4v) is 3.83. The van der Waals surface area contributed by atoms with Crippen molar-refractivity contribution in [2.75, 3.05) is 5.32 Å². The molecule has 4 aromatic rings. The minimum Gasteiger partial charge on any atom is -0.481 e. The lowest BCUT2D eigenvalue weighted by Gasteiger charge is -2.17. The number of hydrogen-bond donors (Lipinski definition) is 2. The lowest BCUT2D eigenvalue weighted by molar-refractivity contribution is -0.136. The number of aliphatic carboxylic acids is 1. The third-order valence-electron chi connectivity index (χ3n) is 5.54. The zero-order valence-corrected chi connectivity index (χ0v) is 18.6. The van der Waals surface area contributed by atoms with Crippen LogP contribution in [0.1, 0.15) is 33.6 Å². The molecule has 33 heavy (non-hydrogen) atoms. The third-order valence-corrected chi connectivity index (χ3v) is 5.54. The molecule has 6 nitrogen and oxygen atoms in total. The maximum Gasteiger partial charge on any atom is 0.303 e. The number of rotatable bonds is 7. The number of aromatic nitrogens is 2. The molecular formula is C27H25N3O3. The number of nitrogens with zero attached hydrogens (tertiary/aromatic N) is 2. The summed E-state index contributed by atoms with van der Waals surface area (Å²) < 4.78 is 2.09. The van der Waals surface area contributed by atoms with Crippen LogP contribution in [-0.4, -0.2) is 26.5 Å². The van der Waals surface area contributed by atoms with Crippen LogP contribution in [0.5, 0.6) is 0 Å². The first-order valence-electron chi connectivity index (χ1n) is 10.7. The zero-order chi connectivity index (χ0) is 23.4. The fourth-order valence-electron chi connectivity index (χ4n) is 3.83. The van der Waals surface area contributed by atoms with E-state index >= 15 is 0 Å². The van der Waals surface area contributed by atoms with Crippen molar-refractivity contribution in [3.8, 4) is 16.9 Å². The van der Waals surface area contributed by atoms with Gasteiger partial charge in [-0.3, -0.25) is 14.6 Å². The maximum atomic E-state index is 12.7. The van der Waals surface area contributed by atoms with Crippen molar-refractivity contribution >= 4 is 17.6 Å². The molecule has 0 aliphatic carbocycles. The molecular weight excluding hydrogens is 414 g/mol. The van der Waals surface area contributed by atoms with Crippen molar-refractivity contribution < 1.29 is 14.7 Å². The standard InChI is InChI=1S/C27H25N3O3/c1-18-3-5-20(6-4-18)25-11-8-23(9-12-26(31)32)30(25)24-10-7-21(17-19(24)2)27(33)29-22-13-15-28-16-14-22/h3-8,10-11,13-17H,9,12H2,1-2H3,(H,31,32)(H,28,29,33). The number of carboxylic acids is 1. The van der Waals surface area contributed by atoms with E-state index in [4.69, 9.17) is 0 Å². The van der Waals surface area contributed by atoms with Crippen molar-refractivity contribution in [2.24, 2.45) is 0 Å². The average Bonchev–Trinajstić information content (AvgIpc) is 3.22. The molecule has 2 heterocycles. The lowest BCUT2D eigenvalue weighted by atomic mass is 10.1. The van der Waals surface area contributed by atoms with Crippen LogP contribution in [0.3, 0.4) is 0 Å². The minimum absolute atomic E-state index is 0.0445. The first-order chi connectivity index (χ1) is 15.9. The molecule has 2 aromatic heterocycles. The molecule has 0 aliphatic rings. The summed E-state index contributed by atoms with van der Waals surface area (Å²) >= 11 is 0. The molecule has 0 fully saturated rings. The van der Waals surface area contributed by atoms with Crippen LogP contribution >= 0.6 is 0 Å². The second kappa shape index (κ2) is 9.53. The highest BCUT2D eigenvalue weighted by atomic mass is 16.4. The van der Waals surface area contributed by atoms with Gasteiger partial charge in [0.2, 0.25) is 0 Å². The predicted molar refractivity (Wildman–Crippen MR) is 129 cm³/mol. The molecule has 0 radical (unpaired) electrons. The molecule has 0 atom stereocenters. The molecule has 2 N–H and O–H groups in total. The van der Waals surface area contributed by atoms with E-state index in [0.717, 1.165) is 28.2 Å². The largest absolute Gasteiger partial charge is 0.481 e. The predicted octanol–water partition coefficient (Wildman–Crippen LogP) is 5.43. The molecule has 0 bridgehead atoms. The highest BCUT2D eigenvalue weighted by molar-refractivity contribution is 6.04. The van der Waals surface area contributed by atoms with Gasteiger partial charge in [0.25, 0.3) is 5.91 Å². The van der Waals surface area contributed by atoms with Crippen molar-refractivity contribution in [1.82, 2.24) is 9.55 Å². The van der Waals surface area contributed by atoms with Gasteiger partial charge in [0.15, 0.2) is 0 Å². The Bertz CT molecular complexity index is 1290.